The number of rotatable bonds is 8. The van der Waals surface area contributed by atoms with Crippen molar-refractivity contribution in [2.24, 2.45) is 0 Å². The van der Waals surface area contributed by atoms with Gasteiger partial charge in [0.15, 0.2) is 0 Å². The van der Waals surface area contributed by atoms with E-state index in [1.807, 2.05) is 13.0 Å². The van der Waals surface area contributed by atoms with E-state index in [0.29, 0.717) is 24.7 Å². The van der Waals surface area contributed by atoms with Crippen molar-refractivity contribution in [1.29, 1.82) is 0 Å². The highest BCUT2D eigenvalue weighted by Gasteiger charge is 2.10. The highest BCUT2D eigenvalue weighted by Crippen LogP contribution is 2.09. The van der Waals surface area contributed by atoms with Gasteiger partial charge in [0.25, 0.3) is 0 Å². The zero-order chi connectivity index (χ0) is 13.4. The predicted octanol–water partition coefficient (Wildman–Crippen LogP) is 3.66. The van der Waals surface area contributed by atoms with Crippen LogP contribution in [-0.4, -0.2) is 23.3 Å². The zero-order valence-corrected chi connectivity index (χ0v) is 11.9. The fourth-order valence-corrected chi connectivity index (χ4v) is 1.99. The molecule has 0 saturated heterocycles. The van der Waals surface area contributed by atoms with E-state index < -0.39 is 0 Å². The second-order valence-corrected chi connectivity index (χ2v) is 5.05. The molecule has 0 spiro atoms. The minimum absolute atomic E-state index is 0.374. The Morgan fingerprint density at radius 3 is 2.44 bits per heavy atom. The number of nitrogens with zero attached hydrogens (tertiary/aromatic N) is 1. The molecule has 0 fully saturated rings. The first-order valence-electron chi connectivity index (χ1n) is 6.93. The van der Waals surface area contributed by atoms with Gasteiger partial charge in [-0.05, 0) is 32.4 Å². The number of ketones is 1. The lowest BCUT2D eigenvalue weighted by atomic mass is 10.1. The Hall–Kier alpha value is -1.15. The zero-order valence-electron chi connectivity index (χ0n) is 11.9. The van der Waals surface area contributed by atoms with Gasteiger partial charge in [-0.2, -0.15) is 0 Å². The maximum Gasteiger partial charge on any atom is 0.132 e. The Bertz CT molecular complexity index is 345. The van der Waals surface area contributed by atoms with Gasteiger partial charge in [-0.3, -0.25) is 9.69 Å². The van der Waals surface area contributed by atoms with Crippen LogP contribution in [0.5, 0.6) is 0 Å². The van der Waals surface area contributed by atoms with Crippen LogP contribution in [0, 0.1) is 0 Å². The number of hydrogen-bond acceptors (Lipinski definition) is 2. The lowest BCUT2D eigenvalue weighted by molar-refractivity contribution is -0.118. The average Bonchev–Trinajstić information content (AvgIpc) is 2.38. The first kappa shape index (κ1) is 14.9. The van der Waals surface area contributed by atoms with Crippen LogP contribution in [0.15, 0.2) is 30.3 Å². The Balaban J connectivity index is 2.43. The summed E-state index contributed by atoms with van der Waals surface area (Å²) in [5, 5.41) is 0. The minimum atomic E-state index is 0.374. The quantitative estimate of drug-likeness (QED) is 0.699. The summed E-state index contributed by atoms with van der Waals surface area (Å²) < 4.78 is 0. The molecule has 0 amide bonds. The molecule has 0 aromatic heterocycles. The van der Waals surface area contributed by atoms with Crippen molar-refractivity contribution in [3.63, 3.8) is 0 Å². The first-order valence-corrected chi connectivity index (χ1v) is 6.93. The van der Waals surface area contributed by atoms with Gasteiger partial charge in [0, 0.05) is 25.4 Å². The molecule has 0 heterocycles. The van der Waals surface area contributed by atoms with Gasteiger partial charge in [0.1, 0.15) is 5.78 Å². The number of hydrogen-bond donors (Lipinski definition) is 0. The summed E-state index contributed by atoms with van der Waals surface area (Å²) in [6.07, 6.45) is 2.35. The van der Waals surface area contributed by atoms with Crippen molar-refractivity contribution in [3.05, 3.63) is 35.9 Å². The van der Waals surface area contributed by atoms with Gasteiger partial charge in [-0.15, -0.1) is 0 Å². The van der Waals surface area contributed by atoms with Crippen molar-refractivity contribution < 1.29 is 4.79 Å². The topological polar surface area (TPSA) is 20.3 Å². The Kier molecular flexibility index (Phi) is 6.66. The fraction of sp³-hybridized carbons (Fsp3) is 0.562. The second kappa shape index (κ2) is 8.04. The molecule has 1 rings (SSSR count). The monoisotopic (exact) mass is 247 g/mol. The summed E-state index contributed by atoms with van der Waals surface area (Å²) in [7, 11) is 0. The van der Waals surface area contributed by atoms with Crippen molar-refractivity contribution in [1.82, 2.24) is 4.90 Å². The number of Topliss-reactive ketones (excluding diaryl/α,β-unsaturated/α-hetero) is 1. The summed E-state index contributed by atoms with van der Waals surface area (Å²) >= 11 is 0. The van der Waals surface area contributed by atoms with Crippen LogP contribution in [-0.2, 0) is 11.3 Å². The molecule has 18 heavy (non-hydrogen) atoms. The van der Waals surface area contributed by atoms with E-state index in [4.69, 9.17) is 0 Å². The van der Waals surface area contributed by atoms with E-state index in [-0.39, 0.29) is 0 Å². The molecule has 0 unspecified atom stereocenters. The Morgan fingerprint density at radius 1 is 1.22 bits per heavy atom. The van der Waals surface area contributed by atoms with Gasteiger partial charge in [0.05, 0.1) is 0 Å². The average molecular weight is 247 g/mol. The van der Waals surface area contributed by atoms with E-state index in [0.717, 1.165) is 19.5 Å². The van der Waals surface area contributed by atoms with Gasteiger partial charge in [-0.1, -0.05) is 37.3 Å². The minimum Gasteiger partial charge on any atom is -0.300 e. The van der Waals surface area contributed by atoms with Crippen LogP contribution in [0.25, 0.3) is 0 Å². The number of carbonyl (C=O) groups excluding carboxylic acids is 1. The third-order valence-electron chi connectivity index (χ3n) is 3.25. The second-order valence-electron chi connectivity index (χ2n) is 5.05. The molecule has 0 atom stereocenters. The van der Waals surface area contributed by atoms with E-state index >= 15 is 0 Å². The lowest BCUT2D eigenvalue weighted by Gasteiger charge is -2.26. The maximum atomic E-state index is 11.3. The first-order chi connectivity index (χ1) is 8.63. The molecule has 0 aliphatic heterocycles. The summed E-state index contributed by atoms with van der Waals surface area (Å²) in [5.74, 6) is 0.374. The SMILES string of the molecule is CCC(=O)CCCN(Cc1ccccc1)C(C)C. The van der Waals surface area contributed by atoms with Crippen LogP contribution in [0.3, 0.4) is 0 Å². The Morgan fingerprint density at radius 2 is 1.89 bits per heavy atom. The van der Waals surface area contributed by atoms with Crippen LogP contribution >= 0.6 is 0 Å². The molecule has 2 heteroatoms. The molecule has 100 valence electrons. The number of carbonyl (C=O) groups is 1. The van der Waals surface area contributed by atoms with Crippen LogP contribution < -0.4 is 0 Å². The molecule has 0 bridgehead atoms. The van der Waals surface area contributed by atoms with Crippen molar-refractivity contribution >= 4 is 5.78 Å². The van der Waals surface area contributed by atoms with E-state index in [1.165, 1.54) is 5.56 Å². The molecule has 1 aromatic carbocycles. The highest BCUT2D eigenvalue weighted by atomic mass is 16.1. The van der Waals surface area contributed by atoms with Crippen molar-refractivity contribution in [2.75, 3.05) is 6.54 Å². The molecular weight excluding hydrogens is 222 g/mol. The molecule has 2 nitrogen and oxygen atoms in total. The van der Waals surface area contributed by atoms with Crippen LogP contribution in [0.1, 0.15) is 45.6 Å². The van der Waals surface area contributed by atoms with E-state index in [2.05, 4.69) is 43.0 Å². The van der Waals surface area contributed by atoms with Gasteiger partial charge in [0.2, 0.25) is 0 Å². The Labute approximate surface area is 111 Å². The third-order valence-corrected chi connectivity index (χ3v) is 3.25. The van der Waals surface area contributed by atoms with Crippen molar-refractivity contribution in [3.8, 4) is 0 Å². The maximum absolute atomic E-state index is 11.3. The van der Waals surface area contributed by atoms with Crippen LogP contribution in [0.2, 0.25) is 0 Å². The molecule has 0 saturated carbocycles. The molecule has 0 radical (unpaired) electrons. The summed E-state index contributed by atoms with van der Waals surface area (Å²) in [6.45, 7) is 8.33. The third kappa shape index (κ3) is 5.46. The van der Waals surface area contributed by atoms with Gasteiger partial charge < -0.3 is 0 Å². The van der Waals surface area contributed by atoms with Crippen molar-refractivity contribution in [2.45, 2.75) is 52.6 Å². The predicted molar refractivity (Wildman–Crippen MR) is 76.5 cm³/mol. The fourth-order valence-electron chi connectivity index (χ4n) is 1.99. The van der Waals surface area contributed by atoms with Crippen LogP contribution in [0.4, 0.5) is 0 Å². The summed E-state index contributed by atoms with van der Waals surface area (Å²) in [5.41, 5.74) is 1.34. The number of benzene rings is 1. The lowest BCUT2D eigenvalue weighted by Crippen LogP contribution is -2.31. The van der Waals surface area contributed by atoms with Gasteiger partial charge >= 0.3 is 0 Å². The largest absolute Gasteiger partial charge is 0.300 e. The smallest absolute Gasteiger partial charge is 0.132 e. The molecular formula is C16H25NO. The standard InChI is InChI=1S/C16H25NO/c1-4-16(18)11-8-12-17(14(2)3)13-15-9-6-5-7-10-15/h5-7,9-10,14H,4,8,11-13H2,1-3H3. The summed E-state index contributed by atoms with van der Waals surface area (Å²) in [4.78, 5) is 13.7. The molecule has 0 aliphatic rings. The van der Waals surface area contributed by atoms with E-state index in [1.54, 1.807) is 0 Å². The summed E-state index contributed by atoms with van der Waals surface area (Å²) in [6, 6.07) is 11.0. The highest BCUT2D eigenvalue weighted by molar-refractivity contribution is 5.77. The molecule has 0 N–H and O–H groups in total. The van der Waals surface area contributed by atoms with E-state index in [9.17, 15) is 4.79 Å². The normalized spacial score (nSPS) is 11.2. The molecule has 1 aromatic rings. The van der Waals surface area contributed by atoms with Gasteiger partial charge in [-0.25, -0.2) is 0 Å². The molecule has 0 aliphatic carbocycles.